The summed E-state index contributed by atoms with van der Waals surface area (Å²) in [6.07, 6.45) is 3.71. The fraction of sp³-hybridized carbons (Fsp3) is 0.464. The van der Waals surface area contributed by atoms with E-state index < -0.39 is 0 Å². The highest BCUT2D eigenvalue weighted by molar-refractivity contribution is 5.87. The monoisotopic (exact) mass is 496 g/mol. The fourth-order valence-electron chi connectivity index (χ4n) is 4.55. The predicted octanol–water partition coefficient (Wildman–Crippen LogP) is 4.95. The first-order valence-electron chi connectivity index (χ1n) is 12.1. The van der Waals surface area contributed by atoms with Gasteiger partial charge in [-0.1, -0.05) is 50.2 Å². The number of anilines is 1. The highest BCUT2D eigenvalue weighted by atomic mass is 35.5. The number of aryl methyl sites for hydroxylation is 1. The standard InChI is InChI=1S/C28H36N4O2.ClH/c1-20(2)9-8-14-30-27(33)18-32(26-13-12-24(29-4)15-21(26)3)19-28(34)31(5)25-16-22-10-6-7-11-23(22)17-25;/h6-7,10-13,15,20,25H,8-9,14,16-19H2,1-3,5H3,(H,30,33);1H. The number of carbonyl (C=O) groups excluding carboxylic acids is 2. The quantitative estimate of drug-likeness (QED) is 0.374. The van der Waals surface area contributed by atoms with Gasteiger partial charge in [0.05, 0.1) is 19.7 Å². The number of hydrogen-bond donors (Lipinski definition) is 1. The number of hydrogen-bond acceptors (Lipinski definition) is 3. The van der Waals surface area contributed by atoms with Gasteiger partial charge in [0.15, 0.2) is 5.69 Å². The van der Waals surface area contributed by atoms with Crippen molar-refractivity contribution in [3.05, 3.63) is 70.6 Å². The van der Waals surface area contributed by atoms with Gasteiger partial charge in [0.2, 0.25) is 11.8 Å². The first kappa shape index (κ1) is 28.2. The summed E-state index contributed by atoms with van der Waals surface area (Å²) in [4.78, 5) is 33.2. The minimum Gasteiger partial charge on any atom is -0.355 e. The van der Waals surface area contributed by atoms with Crippen LogP contribution in [0.1, 0.15) is 43.4 Å². The number of fused-ring (bicyclic) bond motifs is 1. The Labute approximate surface area is 215 Å². The van der Waals surface area contributed by atoms with Crippen LogP contribution in [0, 0.1) is 19.4 Å². The molecular formula is C28H37ClN4O2. The molecule has 0 fully saturated rings. The van der Waals surface area contributed by atoms with Crippen molar-refractivity contribution in [3.8, 4) is 0 Å². The van der Waals surface area contributed by atoms with Crippen LogP contribution in [0.5, 0.6) is 0 Å². The zero-order chi connectivity index (χ0) is 24.7. The smallest absolute Gasteiger partial charge is 0.242 e. The van der Waals surface area contributed by atoms with Gasteiger partial charge in [-0.15, -0.1) is 12.4 Å². The largest absolute Gasteiger partial charge is 0.355 e. The normalized spacial score (nSPS) is 12.5. The molecular weight excluding hydrogens is 460 g/mol. The lowest BCUT2D eigenvalue weighted by Gasteiger charge is -2.30. The lowest BCUT2D eigenvalue weighted by atomic mass is 10.1. The van der Waals surface area contributed by atoms with Crippen molar-refractivity contribution in [2.75, 3.05) is 31.6 Å². The average Bonchev–Trinajstić information content (AvgIpc) is 3.25. The molecule has 0 heterocycles. The topological polar surface area (TPSA) is 57.0 Å². The zero-order valence-corrected chi connectivity index (χ0v) is 22.0. The molecule has 0 bridgehead atoms. The van der Waals surface area contributed by atoms with Gasteiger partial charge in [0, 0.05) is 25.3 Å². The van der Waals surface area contributed by atoms with E-state index in [1.165, 1.54) is 11.1 Å². The van der Waals surface area contributed by atoms with Crippen molar-refractivity contribution in [2.24, 2.45) is 5.92 Å². The number of benzene rings is 2. The Morgan fingerprint density at radius 3 is 2.34 bits per heavy atom. The second kappa shape index (κ2) is 13.2. The minimum atomic E-state index is -0.0962. The summed E-state index contributed by atoms with van der Waals surface area (Å²) in [6.45, 7) is 14.4. The Hall–Kier alpha value is -3.04. The molecule has 0 saturated heterocycles. The zero-order valence-electron chi connectivity index (χ0n) is 21.2. The number of nitrogens with zero attached hydrogens (tertiary/aromatic N) is 3. The van der Waals surface area contributed by atoms with Crippen LogP contribution in [0.25, 0.3) is 4.85 Å². The Bertz CT molecular complexity index is 1040. The van der Waals surface area contributed by atoms with Gasteiger partial charge >= 0.3 is 0 Å². The molecule has 6 nitrogen and oxygen atoms in total. The van der Waals surface area contributed by atoms with Gasteiger partial charge in [-0.25, -0.2) is 4.85 Å². The molecule has 7 heteroatoms. The van der Waals surface area contributed by atoms with Crippen LogP contribution in [0.3, 0.4) is 0 Å². The third-order valence-electron chi connectivity index (χ3n) is 6.56. The third-order valence-corrected chi connectivity index (χ3v) is 6.56. The van der Waals surface area contributed by atoms with Gasteiger partial charge in [0.1, 0.15) is 0 Å². The molecule has 1 aliphatic carbocycles. The summed E-state index contributed by atoms with van der Waals surface area (Å²) < 4.78 is 0. The van der Waals surface area contributed by atoms with Crippen LogP contribution in [-0.4, -0.2) is 49.4 Å². The van der Waals surface area contributed by atoms with E-state index in [2.05, 4.69) is 36.1 Å². The van der Waals surface area contributed by atoms with Crippen LogP contribution in [0.4, 0.5) is 11.4 Å². The van der Waals surface area contributed by atoms with Crippen LogP contribution in [-0.2, 0) is 22.4 Å². The molecule has 0 atom stereocenters. The number of carbonyl (C=O) groups is 2. The van der Waals surface area contributed by atoms with Gasteiger partial charge in [-0.2, -0.15) is 0 Å². The maximum absolute atomic E-state index is 13.3. The molecule has 0 saturated carbocycles. The molecule has 2 aromatic carbocycles. The molecule has 1 N–H and O–H groups in total. The fourth-order valence-corrected chi connectivity index (χ4v) is 4.55. The lowest BCUT2D eigenvalue weighted by molar-refractivity contribution is -0.130. The number of halogens is 1. The van der Waals surface area contributed by atoms with Crippen molar-refractivity contribution >= 4 is 35.6 Å². The van der Waals surface area contributed by atoms with Crippen molar-refractivity contribution in [3.63, 3.8) is 0 Å². The second-order valence-corrected chi connectivity index (χ2v) is 9.66. The molecule has 1 aliphatic rings. The highest BCUT2D eigenvalue weighted by Gasteiger charge is 2.28. The molecule has 0 radical (unpaired) electrons. The molecule has 2 amide bonds. The summed E-state index contributed by atoms with van der Waals surface area (Å²) in [5.41, 5.74) is 4.84. The summed E-state index contributed by atoms with van der Waals surface area (Å²) in [5, 5.41) is 3.00. The summed E-state index contributed by atoms with van der Waals surface area (Å²) in [7, 11) is 1.86. The Morgan fingerprint density at radius 1 is 1.11 bits per heavy atom. The number of rotatable bonds is 10. The SMILES string of the molecule is Cl.[C-]#[N+]c1ccc(N(CC(=O)NCCCC(C)C)CC(=O)N(C)C2Cc3ccccc3C2)c(C)c1. The second-order valence-electron chi connectivity index (χ2n) is 9.66. The van der Waals surface area contributed by atoms with E-state index in [1.54, 1.807) is 12.1 Å². The van der Waals surface area contributed by atoms with Crippen LogP contribution < -0.4 is 10.2 Å². The van der Waals surface area contributed by atoms with Gasteiger partial charge in [-0.05, 0) is 61.3 Å². The van der Waals surface area contributed by atoms with Crippen molar-refractivity contribution < 1.29 is 9.59 Å². The Morgan fingerprint density at radius 2 is 1.77 bits per heavy atom. The molecule has 2 aromatic rings. The first-order valence-corrected chi connectivity index (χ1v) is 12.1. The van der Waals surface area contributed by atoms with E-state index in [4.69, 9.17) is 6.57 Å². The van der Waals surface area contributed by atoms with E-state index in [1.807, 2.05) is 42.0 Å². The van der Waals surface area contributed by atoms with E-state index in [0.717, 1.165) is 36.9 Å². The lowest BCUT2D eigenvalue weighted by Crippen LogP contribution is -2.46. The van der Waals surface area contributed by atoms with E-state index in [-0.39, 0.29) is 43.4 Å². The first-order chi connectivity index (χ1) is 16.3. The van der Waals surface area contributed by atoms with Crippen LogP contribution in [0.2, 0.25) is 0 Å². The number of amides is 2. The van der Waals surface area contributed by atoms with Crippen molar-refractivity contribution in [1.82, 2.24) is 10.2 Å². The predicted molar refractivity (Wildman–Crippen MR) is 144 cm³/mol. The molecule has 0 unspecified atom stereocenters. The van der Waals surface area contributed by atoms with E-state index in [0.29, 0.717) is 18.2 Å². The van der Waals surface area contributed by atoms with Gasteiger partial charge in [-0.3, -0.25) is 9.59 Å². The van der Waals surface area contributed by atoms with Crippen LogP contribution in [0.15, 0.2) is 42.5 Å². The third kappa shape index (κ3) is 7.73. The van der Waals surface area contributed by atoms with Crippen molar-refractivity contribution in [1.29, 1.82) is 0 Å². The number of likely N-dealkylation sites (N-methyl/N-ethyl adjacent to an activating group) is 1. The van der Waals surface area contributed by atoms with E-state index in [9.17, 15) is 9.59 Å². The van der Waals surface area contributed by atoms with Gasteiger partial charge < -0.3 is 15.1 Å². The van der Waals surface area contributed by atoms with E-state index >= 15 is 0 Å². The average molecular weight is 497 g/mol. The molecule has 35 heavy (non-hydrogen) atoms. The summed E-state index contributed by atoms with van der Waals surface area (Å²) >= 11 is 0. The maximum atomic E-state index is 13.3. The highest BCUT2D eigenvalue weighted by Crippen LogP contribution is 2.27. The molecule has 188 valence electrons. The molecule has 3 rings (SSSR count). The van der Waals surface area contributed by atoms with Crippen molar-refractivity contribution in [2.45, 2.75) is 52.5 Å². The Balaban J connectivity index is 0.00000432. The summed E-state index contributed by atoms with van der Waals surface area (Å²) in [5.74, 6) is 0.493. The summed E-state index contributed by atoms with van der Waals surface area (Å²) in [6, 6.07) is 13.9. The Kier molecular flexibility index (Phi) is 10.6. The molecule has 0 spiro atoms. The minimum absolute atomic E-state index is 0. The molecule has 0 aliphatic heterocycles. The molecule has 0 aromatic heterocycles. The van der Waals surface area contributed by atoms with Gasteiger partial charge in [0.25, 0.3) is 0 Å². The number of nitrogens with one attached hydrogen (secondary N) is 1. The van der Waals surface area contributed by atoms with Crippen LogP contribution >= 0.6 is 12.4 Å². The maximum Gasteiger partial charge on any atom is 0.242 e.